The normalized spacial score (nSPS) is 11.6. The van der Waals surface area contributed by atoms with E-state index in [1.807, 2.05) is 0 Å². The average Bonchev–Trinajstić information content (AvgIpc) is 2.77. The van der Waals surface area contributed by atoms with Gasteiger partial charge in [0.05, 0.1) is 24.6 Å². The van der Waals surface area contributed by atoms with E-state index < -0.39 is 11.7 Å². The molecule has 0 saturated heterocycles. The van der Waals surface area contributed by atoms with E-state index in [1.54, 1.807) is 17.9 Å². The molecule has 0 saturated carbocycles. The highest BCUT2D eigenvalue weighted by Crippen LogP contribution is 2.31. The van der Waals surface area contributed by atoms with E-state index in [0.29, 0.717) is 18.2 Å². The molecule has 1 N–H and O–H groups in total. The van der Waals surface area contributed by atoms with Crippen molar-refractivity contribution in [3.05, 3.63) is 42.2 Å². The number of rotatable bonds is 4. The van der Waals surface area contributed by atoms with Crippen molar-refractivity contribution in [3.63, 3.8) is 0 Å². The molecular weight excluding hydrogens is 259 g/mol. The lowest BCUT2D eigenvalue weighted by Gasteiger charge is -2.07. The molecule has 0 aliphatic carbocycles. The Morgan fingerprint density at radius 3 is 2.47 bits per heavy atom. The van der Waals surface area contributed by atoms with Gasteiger partial charge < -0.3 is 10.1 Å². The van der Waals surface area contributed by atoms with Crippen LogP contribution in [0.4, 0.5) is 13.2 Å². The van der Waals surface area contributed by atoms with E-state index in [1.165, 1.54) is 18.3 Å². The van der Waals surface area contributed by atoms with Gasteiger partial charge in [-0.2, -0.15) is 18.3 Å². The van der Waals surface area contributed by atoms with E-state index in [4.69, 9.17) is 4.74 Å². The van der Waals surface area contributed by atoms with Crippen molar-refractivity contribution in [1.29, 1.82) is 0 Å². The Balaban J connectivity index is 2.06. The second kappa shape index (κ2) is 5.31. The molecule has 0 aliphatic heterocycles. The SMILES string of the molecule is CNCn1cc(Oc2ccc(C(F)(F)F)cc2)cn1. The number of hydrogen-bond donors (Lipinski definition) is 1. The van der Waals surface area contributed by atoms with Crippen molar-refractivity contribution in [2.45, 2.75) is 12.8 Å². The Morgan fingerprint density at radius 1 is 1.21 bits per heavy atom. The van der Waals surface area contributed by atoms with Gasteiger partial charge in [-0.1, -0.05) is 0 Å². The molecule has 7 heteroatoms. The molecule has 0 spiro atoms. The summed E-state index contributed by atoms with van der Waals surface area (Å²) in [4.78, 5) is 0. The second-order valence-electron chi connectivity index (χ2n) is 3.85. The van der Waals surface area contributed by atoms with Crippen LogP contribution in [-0.4, -0.2) is 16.8 Å². The van der Waals surface area contributed by atoms with Crippen molar-refractivity contribution < 1.29 is 17.9 Å². The minimum Gasteiger partial charge on any atom is -0.454 e. The molecule has 0 aliphatic rings. The maximum absolute atomic E-state index is 12.4. The van der Waals surface area contributed by atoms with Crippen LogP contribution in [0.25, 0.3) is 0 Å². The van der Waals surface area contributed by atoms with Crippen molar-refractivity contribution in [2.75, 3.05) is 7.05 Å². The number of ether oxygens (including phenoxy) is 1. The number of alkyl halides is 3. The third-order valence-electron chi connectivity index (χ3n) is 2.35. The summed E-state index contributed by atoms with van der Waals surface area (Å²) in [6.45, 7) is 0.524. The van der Waals surface area contributed by atoms with Gasteiger partial charge in [-0.25, -0.2) is 0 Å². The van der Waals surface area contributed by atoms with Crippen molar-refractivity contribution in [2.24, 2.45) is 0 Å². The summed E-state index contributed by atoms with van der Waals surface area (Å²) < 4.78 is 44.1. The zero-order valence-electron chi connectivity index (χ0n) is 10.1. The maximum Gasteiger partial charge on any atom is 0.416 e. The molecule has 0 fully saturated rings. The maximum atomic E-state index is 12.4. The van der Waals surface area contributed by atoms with Crippen LogP contribution < -0.4 is 10.1 Å². The lowest BCUT2D eigenvalue weighted by atomic mass is 10.2. The topological polar surface area (TPSA) is 39.1 Å². The largest absolute Gasteiger partial charge is 0.454 e. The van der Waals surface area contributed by atoms with Crippen LogP contribution in [0.15, 0.2) is 36.7 Å². The van der Waals surface area contributed by atoms with Gasteiger partial charge >= 0.3 is 6.18 Å². The first-order valence-electron chi connectivity index (χ1n) is 5.51. The van der Waals surface area contributed by atoms with Gasteiger partial charge in [0, 0.05) is 0 Å². The van der Waals surface area contributed by atoms with Crippen LogP contribution >= 0.6 is 0 Å². The fourth-order valence-corrected chi connectivity index (χ4v) is 1.49. The Morgan fingerprint density at radius 2 is 1.89 bits per heavy atom. The highest BCUT2D eigenvalue weighted by Gasteiger charge is 2.30. The summed E-state index contributed by atoms with van der Waals surface area (Å²) in [7, 11) is 1.78. The van der Waals surface area contributed by atoms with Crippen molar-refractivity contribution in [1.82, 2.24) is 15.1 Å². The Bertz CT molecular complexity index is 534. The summed E-state index contributed by atoms with van der Waals surface area (Å²) in [6.07, 6.45) is -1.20. The molecule has 1 aromatic heterocycles. The molecule has 1 aromatic carbocycles. The Labute approximate surface area is 107 Å². The third kappa shape index (κ3) is 3.47. The van der Waals surface area contributed by atoms with E-state index in [-0.39, 0.29) is 0 Å². The monoisotopic (exact) mass is 271 g/mol. The molecular formula is C12H12F3N3O. The second-order valence-corrected chi connectivity index (χ2v) is 3.85. The quantitative estimate of drug-likeness (QED) is 0.929. The Kier molecular flexibility index (Phi) is 3.75. The van der Waals surface area contributed by atoms with Gasteiger partial charge in [-0.05, 0) is 31.3 Å². The van der Waals surface area contributed by atoms with E-state index in [2.05, 4.69) is 10.4 Å². The fourth-order valence-electron chi connectivity index (χ4n) is 1.49. The van der Waals surface area contributed by atoms with Gasteiger partial charge in [0.25, 0.3) is 0 Å². The minimum absolute atomic E-state index is 0.331. The molecule has 0 atom stereocenters. The molecule has 2 aromatic rings. The van der Waals surface area contributed by atoms with Gasteiger partial charge in [0.1, 0.15) is 5.75 Å². The molecule has 0 radical (unpaired) electrons. The smallest absolute Gasteiger partial charge is 0.416 e. The van der Waals surface area contributed by atoms with Crippen LogP contribution in [-0.2, 0) is 12.8 Å². The molecule has 19 heavy (non-hydrogen) atoms. The van der Waals surface area contributed by atoms with Crippen molar-refractivity contribution in [3.8, 4) is 11.5 Å². The first kappa shape index (κ1) is 13.4. The summed E-state index contributed by atoms with van der Waals surface area (Å²) in [6, 6.07) is 4.51. The number of aromatic nitrogens is 2. The van der Waals surface area contributed by atoms with E-state index in [9.17, 15) is 13.2 Å². The van der Waals surface area contributed by atoms with Crippen molar-refractivity contribution >= 4 is 0 Å². The standard InChI is InChI=1S/C12H12F3N3O/c1-16-8-18-7-11(6-17-18)19-10-4-2-9(3-5-10)12(13,14)15/h2-7,16H,8H2,1H3. The predicted octanol–water partition coefficient (Wildman–Crippen LogP) is 2.87. The minimum atomic E-state index is -4.34. The summed E-state index contributed by atoms with van der Waals surface area (Å²) in [5.41, 5.74) is -0.703. The summed E-state index contributed by atoms with van der Waals surface area (Å²) in [5, 5.41) is 6.91. The summed E-state index contributed by atoms with van der Waals surface area (Å²) in [5.74, 6) is 0.798. The average molecular weight is 271 g/mol. The Hall–Kier alpha value is -2.02. The van der Waals surface area contributed by atoms with Crippen LogP contribution in [0.5, 0.6) is 11.5 Å². The molecule has 0 amide bonds. The number of nitrogens with one attached hydrogen (secondary N) is 1. The number of hydrogen-bond acceptors (Lipinski definition) is 3. The third-order valence-corrected chi connectivity index (χ3v) is 2.35. The zero-order chi connectivity index (χ0) is 13.9. The predicted molar refractivity (Wildman–Crippen MR) is 62.8 cm³/mol. The molecule has 0 unspecified atom stereocenters. The summed E-state index contributed by atoms with van der Waals surface area (Å²) >= 11 is 0. The first-order valence-corrected chi connectivity index (χ1v) is 5.51. The van der Waals surface area contributed by atoms with Gasteiger partial charge in [-0.15, -0.1) is 0 Å². The van der Waals surface area contributed by atoms with Crippen LogP contribution in [0.3, 0.4) is 0 Å². The first-order chi connectivity index (χ1) is 8.99. The lowest BCUT2D eigenvalue weighted by Crippen LogP contribution is -2.12. The molecule has 2 rings (SSSR count). The van der Waals surface area contributed by atoms with Crippen LogP contribution in [0.1, 0.15) is 5.56 Å². The van der Waals surface area contributed by atoms with Gasteiger partial charge in [0.2, 0.25) is 0 Å². The lowest BCUT2D eigenvalue weighted by molar-refractivity contribution is -0.137. The number of halogens is 3. The number of benzene rings is 1. The fraction of sp³-hybridized carbons (Fsp3) is 0.250. The van der Waals surface area contributed by atoms with Crippen LogP contribution in [0, 0.1) is 0 Å². The molecule has 4 nitrogen and oxygen atoms in total. The highest BCUT2D eigenvalue weighted by atomic mass is 19.4. The highest BCUT2D eigenvalue weighted by molar-refractivity contribution is 5.32. The molecule has 0 bridgehead atoms. The van der Waals surface area contributed by atoms with E-state index in [0.717, 1.165) is 12.1 Å². The van der Waals surface area contributed by atoms with Crippen LogP contribution in [0.2, 0.25) is 0 Å². The molecule has 1 heterocycles. The number of nitrogens with zero attached hydrogens (tertiary/aromatic N) is 2. The zero-order valence-corrected chi connectivity index (χ0v) is 10.1. The van der Waals surface area contributed by atoms with Gasteiger partial charge in [-0.3, -0.25) is 4.68 Å². The van der Waals surface area contributed by atoms with E-state index >= 15 is 0 Å². The van der Waals surface area contributed by atoms with Gasteiger partial charge in [0.15, 0.2) is 5.75 Å². The molecule has 102 valence electrons.